The fraction of sp³-hybridized carbons (Fsp3) is 0.448. The first-order chi connectivity index (χ1) is 20.1. The lowest BCUT2D eigenvalue weighted by Crippen LogP contribution is -2.47. The van der Waals surface area contributed by atoms with Crippen molar-refractivity contribution < 1.29 is 36.2 Å². The molecule has 8 nitrogen and oxygen atoms in total. The van der Waals surface area contributed by atoms with E-state index in [9.17, 15) is 18.0 Å². The van der Waals surface area contributed by atoms with Crippen LogP contribution in [0.2, 0.25) is 0 Å². The third-order valence-corrected chi connectivity index (χ3v) is 7.54. The second-order valence-corrected chi connectivity index (χ2v) is 10.4. The number of nitrogens with zero attached hydrogens (tertiary/aromatic N) is 3. The van der Waals surface area contributed by atoms with Gasteiger partial charge < -0.3 is 19.7 Å². The quantitative estimate of drug-likeness (QED) is 0.221. The Morgan fingerprint density at radius 2 is 1.95 bits per heavy atom. The van der Waals surface area contributed by atoms with E-state index in [1.807, 2.05) is 0 Å². The highest BCUT2D eigenvalue weighted by Crippen LogP contribution is 2.43. The van der Waals surface area contributed by atoms with Gasteiger partial charge in [-0.2, -0.15) is 18.3 Å². The topological polar surface area (TPSA) is 82.7 Å². The van der Waals surface area contributed by atoms with Crippen LogP contribution in [0.3, 0.4) is 0 Å². The number of aromatic nitrogens is 2. The summed E-state index contributed by atoms with van der Waals surface area (Å²) in [4.78, 5) is 14.9. The number of alkyl halides is 3. The molecule has 5 rings (SSSR count). The van der Waals surface area contributed by atoms with E-state index in [2.05, 4.69) is 15.5 Å². The third-order valence-electron chi connectivity index (χ3n) is 7.54. The van der Waals surface area contributed by atoms with Crippen LogP contribution in [0.1, 0.15) is 29.7 Å². The largest absolute Gasteiger partial charge is 0.492 e. The van der Waals surface area contributed by atoms with Gasteiger partial charge in [-0.05, 0) is 30.5 Å². The number of hydrogen-bond acceptors (Lipinski definition) is 6. The Morgan fingerprint density at radius 1 is 1.21 bits per heavy atom. The van der Waals surface area contributed by atoms with Crippen LogP contribution in [0.25, 0.3) is 10.9 Å². The molecule has 0 bridgehead atoms. The van der Waals surface area contributed by atoms with Gasteiger partial charge in [-0.25, -0.2) is 8.78 Å². The molecule has 0 radical (unpaired) electrons. The summed E-state index contributed by atoms with van der Waals surface area (Å²) in [6.07, 6.45) is 0.433. The number of fused-ring (bicyclic) bond motifs is 3. The number of morpholine rings is 1. The SMILES string of the molecule is C[C@@H]1Cc2c(ccc3[nH]ncc23)[C@@H](c2c(F)cc(OCCNC/C=C/C(=O)N3CCOCC3)cc2F)N1CC(F)(F)F. The Kier molecular flexibility index (Phi) is 9.09. The van der Waals surface area contributed by atoms with Crippen molar-refractivity contribution in [1.82, 2.24) is 25.3 Å². The molecule has 2 aromatic carbocycles. The average molecular weight is 594 g/mol. The number of benzene rings is 2. The van der Waals surface area contributed by atoms with Crippen LogP contribution < -0.4 is 10.1 Å². The molecule has 1 saturated heterocycles. The Morgan fingerprint density at radius 3 is 2.67 bits per heavy atom. The number of carbonyl (C=O) groups excluding carboxylic acids is 1. The van der Waals surface area contributed by atoms with Crippen LogP contribution >= 0.6 is 0 Å². The van der Waals surface area contributed by atoms with Gasteiger partial charge in [-0.15, -0.1) is 0 Å². The first-order valence-corrected chi connectivity index (χ1v) is 13.8. The summed E-state index contributed by atoms with van der Waals surface area (Å²) >= 11 is 0. The zero-order valence-electron chi connectivity index (χ0n) is 23.0. The number of hydrogen-bond donors (Lipinski definition) is 2. The fourth-order valence-electron chi connectivity index (χ4n) is 5.58. The van der Waals surface area contributed by atoms with Gasteiger partial charge in [0, 0.05) is 61.4 Å². The normalized spacial score (nSPS) is 19.9. The van der Waals surface area contributed by atoms with E-state index in [1.54, 1.807) is 36.2 Å². The minimum Gasteiger partial charge on any atom is -0.492 e. The van der Waals surface area contributed by atoms with Crippen molar-refractivity contribution in [2.75, 3.05) is 52.5 Å². The molecule has 2 aliphatic rings. The van der Waals surface area contributed by atoms with Gasteiger partial charge in [0.25, 0.3) is 0 Å². The van der Waals surface area contributed by atoms with Crippen molar-refractivity contribution in [3.63, 3.8) is 0 Å². The molecule has 0 aliphatic carbocycles. The Hall–Kier alpha value is -3.55. The summed E-state index contributed by atoms with van der Waals surface area (Å²) in [5.41, 5.74) is 1.35. The van der Waals surface area contributed by atoms with Crippen molar-refractivity contribution in [3.05, 3.63) is 70.9 Å². The Bertz CT molecular complexity index is 1410. The fourth-order valence-corrected chi connectivity index (χ4v) is 5.58. The van der Waals surface area contributed by atoms with Crippen LogP contribution in [0.4, 0.5) is 22.0 Å². The molecule has 0 unspecified atom stereocenters. The molecule has 226 valence electrons. The predicted octanol–water partition coefficient (Wildman–Crippen LogP) is 4.12. The first-order valence-electron chi connectivity index (χ1n) is 13.8. The highest BCUT2D eigenvalue weighted by atomic mass is 19.4. The minimum atomic E-state index is -4.57. The van der Waals surface area contributed by atoms with Gasteiger partial charge in [-0.3, -0.25) is 14.8 Å². The van der Waals surface area contributed by atoms with Gasteiger partial charge in [-0.1, -0.05) is 12.1 Å². The second-order valence-electron chi connectivity index (χ2n) is 10.4. The van der Waals surface area contributed by atoms with E-state index in [4.69, 9.17) is 9.47 Å². The molecule has 0 saturated carbocycles. The standard InChI is InChI=1S/C29H32F5N5O3/c1-18-13-21-20(4-5-25-22(21)16-36-37-25)28(39(18)17-29(32,33)34)27-23(30)14-19(15-24(27)31)42-10-7-35-6-2-3-26(40)38-8-11-41-12-9-38/h2-5,14-16,18,28,35H,6-13,17H2,1H3,(H,36,37)/b3-2+/t18-,28+/m1/s1. The number of rotatable bonds is 9. The summed E-state index contributed by atoms with van der Waals surface area (Å²) in [5.74, 6) is -2.16. The van der Waals surface area contributed by atoms with Gasteiger partial charge in [0.05, 0.1) is 37.5 Å². The average Bonchev–Trinajstić information content (AvgIpc) is 3.43. The summed E-state index contributed by atoms with van der Waals surface area (Å²) in [7, 11) is 0. The van der Waals surface area contributed by atoms with E-state index < -0.39 is 42.0 Å². The lowest BCUT2D eigenvalue weighted by Gasteiger charge is -2.42. The maximum Gasteiger partial charge on any atom is 0.401 e. The molecule has 3 aromatic rings. The summed E-state index contributed by atoms with van der Waals surface area (Å²) in [6.45, 7) is 3.23. The molecule has 3 heterocycles. The summed E-state index contributed by atoms with van der Waals surface area (Å²) < 4.78 is 82.7. The maximum atomic E-state index is 15.6. The van der Waals surface area contributed by atoms with E-state index in [0.29, 0.717) is 61.4 Å². The maximum absolute atomic E-state index is 15.6. The number of H-pyrrole nitrogens is 1. The number of aromatic amines is 1. The molecule has 2 N–H and O–H groups in total. The second kappa shape index (κ2) is 12.8. The summed E-state index contributed by atoms with van der Waals surface area (Å²) in [6, 6.07) is 3.31. The van der Waals surface area contributed by atoms with E-state index >= 15 is 8.78 Å². The number of carbonyl (C=O) groups is 1. The molecular weight excluding hydrogens is 561 g/mol. The van der Waals surface area contributed by atoms with Crippen molar-refractivity contribution in [2.45, 2.75) is 31.6 Å². The van der Waals surface area contributed by atoms with E-state index in [0.717, 1.165) is 17.0 Å². The van der Waals surface area contributed by atoms with Crippen molar-refractivity contribution in [1.29, 1.82) is 0 Å². The van der Waals surface area contributed by atoms with Crippen LogP contribution in [-0.2, 0) is 16.0 Å². The highest BCUT2D eigenvalue weighted by Gasteiger charge is 2.43. The smallest absolute Gasteiger partial charge is 0.401 e. The van der Waals surface area contributed by atoms with Crippen LogP contribution in [0.15, 0.2) is 42.6 Å². The zero-order valence-corrected chi connectivity index (χ0v) is 23.0. The Balaban J connectivity index is 1.27. The van der Waals surface area contributed by atoms with Gasteiger partial charge >= 0.3 is 6.18 Å². The lowest BCUT2D eigenvalue weighted by atomic mass is 9.83. The minimum absolute atomic E-state index is 0.0748. The molecule has 1 fully saturated rings. The predicted molar refractivity (Wildman–Crippen MR) is 145 cm³/mol. The Labute approximate surface area is 239 Å². The first kappa shape index (κ1) is 29.9. The molecule has 42 heavy (non-hydrogen) atoms. The molecule has 2 atom stereocenters. The molecule has 13 heteroatoms. The highest BCUT2D eigenvalue weighted by molar-refractivity contribution is 5.87. The summed E-state index contributed by atoms with van der Waals surface area (Å²) in [5, 5.41) is 10.6. The van der Waals surface area contributed by atoms with E-state index in [-0.39, 0.29) is 24.7 Å². The van der Waals surface area contributed by atoms with Crippen LogP contribution in [0, 0.1) is 11.6 Å². The van der Waals surface area contributed by atoms with Crippen LogP contribution in [0.5, 0.6) is 5.75 Å². The van der Waals surface area contributed by atoms with Gasteiger partial charge in [0.1, 0.15) is 24.0 Å². The molecule has 0 spiro atoms. The van der Waals surface area contributed by atoms with Crippen molar-refractivity contribution in [2.24, 2.45) is 0 Å². The number of nitrogens with one attached hydrogen (secondary N) is 2. The molecular formula is C29H32F5N5O3. The van der Waals surface area contributed by atoms with Gasteiger partial charge in [0.2, 0.25) is 5.91 Å². The van der Waals surface area contributed by atoms with E-state index in [1.165, 1.54) is 6.08 Å². The number of amides is 1. The van der Waals surface area contributed by atoms with Crippen molar-refractivity contribution in [3.8, 4) is 5.75 Å². The van der Waals surface area contributed by atoms with Crippen molar-refractivity contribution >= 4 is 16.8 Å². The molecule has 1 amide bonds. The third kappa shape index (κ3) is 6.74. The zero-order chi connectivity index (χ0) is 29.9. The van der Waals surface area contributed by atoms with Gasteiger partial charge in [0.15, 0.2) is 0 Å². The monoisotopic (exact) mass is 593 g/mol. The molecule has 2 aliphatic heterocycles. The number of halogens is 5. The lowest BCUT2D eigenvalue weighted by molar-refractivity contribution is -0.155. The van der Waals surface area contributed by atoms with Crippen LogP contribution in [-0.4, -0.2) is 90.7 Å². The number of ether oxygens (including phenoxy) is 2. The molecule has 1 aromatic heterocycles.